The summed E-state index contributed by atoms with van der Waals surface area (Å²) in [5.41, 5.74) is 7.09. The smallest absolute Gasteiger partial charge is 0.316 e. The van der Waals surface area contributed by atoms with Gasteiger partial charge in [-0.1, -0.05) is 0 Å². The Bertz CT molecular complexity index is 639. The van der Waals surface area contributed by atoms with E-state index in [4.69, 9.17) is 10.8 Å². The Labute approximate surface area is 119 Å². The van der Waals surface area contributed by atoms with Crippen molar-refractivity contribution in [2.75, 3.05) is 5.73 Å². The molecule has 0 aromatic carbocycles. The van der Waals surface area contributed by atoms with Crippen molar-refractivity contribution in [3.63, 3.8) is 0 Å². The number of anilines is 1. The van der Waals surface area contributed by atoms with Gasteiger partial charge in [0, 0.05) is 4.88 Å². The van der Waals surface area contributed by atoms with Crippen molar-refractivity contribution in [2.24, 2.45) is 0 Å². The van der Waals surface area contributed by atoms with E-state index < -0.39 is 11.2 Å². The van der Waals surface area contributed by atoms with Gasteiger partial charge in [0.2, 0.25) is 0 Å². The van der Waals surface area contributed by atoms with E-state index in [1.807, 2.05) is 13.8 Å². The van der Waals surface area contributed by atoms with Gasteiger partial charge >= 0.3 is 5.97 Å². The van der Waals surface area contributed by atoms with Crippen LogP contribution in [0.1, 0.15) is 23.2 Å². The molecule has 0 bridgehead atoms. The van der Waals surface area contributed by atoms with Crippen LogP contribution in [-0.2, 0) is 10.5 Å². The van der Waals surface area contributed by atoms with E-state index >= 15 is 0 Å². The third kappa shape index (κ3) is 2.82. The van der Waals surface area contributed by atoms with Crippen LogP contribution in [0.2, 0.25) is 0 Å². The molecule has 0 radical (unpaired) electrons. The van der Waals surface area contributed by atoms with Crippen molar-refractivity contribution in [2.45, 2.75) is 31.8 Å². The SMILES string of the molecule is Cc1sc2nc(CSC(C)C(=O)O)nc(N)c2c1C. The molecule has 0 aliphatic heterocycles. The van der Waals surface area contributed by atoms with Crippen molar-refractivity contribution in [1.82, 2.24) is 9.97 Å². The predicted molar refractivity (Wildman–Crippen MR) is 79.7 cm³/mol. The van der Waals surface area contributed by atoms with E-state index in [0.29, 0.717) is 17.4 Å². The molecule has 0 aliphatic rings. The van der Waals surface area contributed by atoms with Gasteiger partial charge in [-0.15, -0.1) is 23.1 Å². The number of nitrogen functional groups attached to an aromatic ring is 1. The van der Waals surface area contributed by atoms with Crippen LogP contribution in [0.4, 0.5) is 5.82 Å². The molecular weight excluding hydrogens is 282 g/mol. The third-order valence-corrected chi connectivity index (χ3v) is 5.14. The zero-order valence-corrected chi connectivity index (χ0v) is 12.6. The lowest BCUT2D eigenvalue weighted by Crippen LogP contribution is -2.12. The number of nitrogens with zero attached hydrogens (tertiary/aromatic N) is 2. The first kappa shape index (κ1) is 14.1. The minimum atomic E-state index is -0.832. The molecule has 2 aromatic rings. The highest BCUT2D eigenvalue weighted by Crippen LogP contribution is 2.32. The first-order chi connectivity index (χ1) is 8.90. The Balaban J connectivity index is 2.29. The Morgan fingerprint density at radius 2 is 2.16 bits per heavy atom. The second-order valence-electron chi connectivity index (χ2n) is 4.28. The molecule has 7 heteroatoms. The molecule has 0 aliphatic carbocycles. The summed E-state index contributed by atoms with van der Waals surface area (Å²) in [5.74, 6) is 0.681. The molecule has 5 nitrogen and oxygen atoms in total. The number of aliphatic carboxylic acids is 1. The number of rotatable bonds is 4. The average molecular weight is 297 g/mol. The van der Waals surface area contributed by atoms with E-state index in [9.17, 15) is 4.79 Å². The molecule has 1 unspecified atom stereocenters. The molecule has 2 heterocycles. The minimum Gasteiger partial charge on any atom is -0.480 e. The molecular formula is C12H15N3O2S2. The van der Waals surface area contributed by atoms with Crippen LogP contribution in [0.25, 0.3) is 10.2 Å². The maximum Gasteiger partial charge on any atom is 0.316 e. The Hall–Kier alpha value is -1.34. The molecule has 0 saturated heterocycles. The second-order valence-corrected chi connectivity index (χ2v) is 6.81. The van der Waals surface area contributed by atoms with E-state index in [-0.39, 0.29) is 0 Å². The average Bonchev–Trinajstić information content (AvgIpc) is 2.62. The molecule has 0 amide bonds. The predicted octanol–water partition coefficient (Wildman–Crippen LogP) is 2.60. The maximum absolute atomic E-state index is 10.8. The fraction of sp³-hybridized carbons (Fsp3) is 0.417. The van der Waals surface area contributed by atoms with Crippen LogP contribution in [0.15, 0.2) is 0 Å². The molecule has 0 spiro atoms. The summed E-state index contributed by atoms with van der Waals surface area (Å²) in [7, 11) is 0. The number of carboxylic acid groups (broad SMARTS) is 1. The molecule has 1 atom stereocenters. The van der Waals surface area contributed by atoms with E-state index in [2.05, 4.69) is 9.97 Å². The quantitative estimate of drug-likeness (QED) is 0.901. The number of nitrogens with two attached hydrogens (primary N) is 1. The van der Waals surface area contributed by atoms with Gasteiger partial charge in [0.15, 0.2) is 0 Å². The summed E-state index contributed by atoms with van der Waals surface area (Å²) in [6, 6.07) is 0. The fourth-order valence-corrected chi connectivity index (χ4v) is 3.39. The molecule has 2 rings (SSSR count). The number of aryl methyl sites for hydroxylation is 2. The number of hydrogen-bond acceptors (Lipinski definition) is 6. The summed E-state index contributed by atoms with van der Waals surface area (Å²) in [4.78, 5) is 21.5. The highest BCUT2D eigenvalue weighted by Gasteiger charge is 2.15. The van der Waals surface area contributed by atoms with Gasteiger partial charge in [-0.25, -0.2) is 9.97 Å². The number of carboxylic acids is 1. The third-order valence-electron chi connectivity index (χ3n) is 2.91. The molecule has 0 fully saturated rings. The van der Waals surface area contributed by atoms with Crippen LogP contribution in [-0.4, -0.2) is 26.3 Å². The van der Waals surface area contributed by atoms with Gasteiger partial charge in [-0.05, 0) is 26.3 Å². The molecule has 102 valence electrons. The largest absolute Gasteiger partial charge is 0.480 e. The topological polar surface area (TPSA) is 89.1 Å². The van der Waals surface area contributed by atoms with Crippen molar-refractivity contribution >= 4 is 45.1 Å². The zero-order chi connectivity index (χ0) is 14.2. The summed E-state index contributed by atoms with van der Waals surface area (Å²) < 4.78 is 0. The summed E-state index contributed by atoms with van der Waals surface area (Å²) in [6.45, 7) is 5.69. The van der Waals surface area contributed by atoms with Gasteiger partial charge in [0.25, 0.3) is 0 Å². The Morgan fingerprint density at radius 1 is 1.47 bits per heavy atom. The molecule has 19 heavy (non-hydrogen) atoms. The van der Waals surface area contributed by atoms with E-state index in [0.717, 1.165) is 15.8 Å². The van der Waals surface area contributed by atoms with Crippen LogP contribution < -0.4 is 5.73 Å². The van der Waals surface area contributed by atoms with Crippen molar-refractivity contribution in [3.8, 4) is 0 Å². The van der Waals surface area contributed by atoms with E-state index in [1.54, 1.807) is 18.3 Å². The highest BCUT2D eigenvalue weighted by molar-refractivity contribution is 7.99. The van der Waals surface area contributed by atoms with Crippen molar-refractivity contribution in [3.05, 3.63) is 16.3 Å². The lowest BCUT2D eigenvalue weighted by molar-refractivity contribution is -0.136. The number of fused-ring (bicyclic) bond motifs is 1. The Morgan fingerprint density at radius 3 is 2.79 bits per heavy atom. The van der Waals surface area contributed by atoms with Gasteiger partial charge in [-0.2, -0.15) is 0 Å². The lowest BCUT2D eigenvalue weighted by atomic mass is 10.2. The number of thiophene rings is 1. The summed E-state index contributed by atoms with van der Waals surface area (Å²) in [6.07, 6.45) is 0. The van der Waals surface area contributed by atoms with Crippen molar-refractivity contribution in [1.29, 1.82) is 0 Å². The maximum atomic E-state index is 10.8. The van der Waals surface area contributed by atoms with Gasteiger partial charge in [0.05, 0.1) is 16.4 Å². The van der Waals surface area contributed by atoms with Crippen LogP contribution >= 0.6 is 23.1 Å². The molecule has 0 saturated carbocycles. The van der Waals surface area contributed by atoms with Crippen LogP contribution in [0, 0.1) is 13.8 Å². The van der Waals surface area contributed by atoms with Gasteiger partial charge in [-0.3, -0.25) is 4.79 Å². The number of hydrogen-bond donors (Lipinski definition) is 2. The van der Waals surface area contributed by atoms with Gasteiger partial charge < -0.3 is 10.8 Å². The van der Waals surface area contributed by atoms with Crippen molar-refractivity contribution < 1.29 is 9.90 Å². The highest BCUT2D eigenvalue weighted by atomic mass is 32.2. The lowest BCUT2D eigenvalue weighted by Gasteiger charge is -2.06. The van der Waals surface area contributed by atoms with Gasteiger partial charge in [0.1, 0.15) is 16.5 Å². The number of thioether (sulfide) groups is 1. The normalized spacial score (nSPS) is 12.8. The van der Waals surface area contributed by atoms with Crippen LogP contribution in [0.5, 0.6) is 0 Å². The fourth-order valence-electron chi connectivity index (χ4n) is 1.66. The minimum absolute atomic E-state index is 0.448. The zero-order valence-electron chi connectivity index (χ0n) is 10.9. The monoisotopic (exact) mass is 297 g/mol. The number of carbonyl (C=O) groups is 1. The Kier molecular flexibility index (Phi) is 3.96. The summed E-state index contributed by atoms with van der Waals surface area (Å²) >= 11 is 2.88. The first-order valence-electron chi connectivity index (χ1n) is 5.76. The summed E-state index contributed by atoms with van der Waals surface area (Å²) in [5, 5.41) is 9.28. The van der Waals surface area contributed by atoms with E-state index in [1.165, 1.54) is 16.6 Å². The first-order valence-corrected chi connectivity index (χ1v) is 7.63. The number of aromatic nitrogens is 2. The molecule has 2 aromatic heterocycles. The molecule has 3 N–H and O–H groups in total. The van der Waals surface area contributed by atoms with Crippen LogP contribution in [0.3, 0.4) is 0 Å². The second kappa shape index (κ2) is 5.34. The standard InChI is InChI=1S/C12H15N3O2S2/c1-5-6(2)19-11-9(5)10(13)14-8(15-11)4-18-7(3)12(16)17/h7H,4H2,1-3H3,(H,16,17)(H2,13,14,15).